The molecule has 0 spiro atoms. The molecule has 1 aromatic rings. The molecular formula is C14H18N2. The monoisotopic (exact) mass is 214 g/mol. The van der Waals surface area contributed by atoms with E-state index in [9.17, 15) is 0 Å². The summed E-state index contributed by atoms with van der Waals surface area (Å²) in [5.74, 6) is 0.655. The Labute approximate surface area is 97.5 Å². The van der Waals surface area contributed by atoms with Gasteiger partial charge < -0.3 is 0 Å². The van der Waals surface area contributed by atoms with E-state index in [2.05, 4.69) is 48.2 Å². The molecule has 1 aliphatic heterocycles. The quantitative estimate of drug-likeness (QED) is 0.773. The van der Waals surface area contributed by atoms with Crippen molar-refractivity contribution < 1.29 is 0 Å². The highest BCUT2D eigenvalue weighted by Gasteiger charge is 2.26. The number of benzene rings is 1. The average Bonchev–Trinajstić information content (AvgIpc) is 2.80. The Bertz CT molecular complexity index is 366. The summed E-state index contributed by atoms with van der Waals surface area (Å²) in [5, 5.41) is 8.70. The van der Waals surface area contributed by atoms with E-state index in [-0.39, 0.29) is 0 Å². The first kappa shape index (κ1) is 11.2. The van der Waals surface area contributed by atoms with Gasteiger partial charge >= 0.3 is 0 Å². The van der Waals surface area contributed by atoms with Crippen LogP contribution in [0.3, 0.4) is 0 Å². The summed E-state index contributed by atoms with van der Waals surface area (Å²) < 4.78 is 0. The van der Waals surface area contributed by atoms with Crippen LogP contribution in [0.1, 0.15) is 31.2 Å². The number of hydrogen-bond acceptors (Lipinski definition) is 2. The van der Waals surface area contributed by atoms with Gasteiger partial charge in [-0.3, -0.25) is 4.90 Å². The minimum atomic E-state index is 0.402. The molecular weight excluding hydrogens is 196 g/mol. The van der Waals surface area contributed by atoms with Crippen molar-refractivity contribution in [2.45, 2.75) is 31.7 Å². The zero-order valence-corrected chi connectivity index (χ0v) is 9.76. The highest BCUT2D eigenvalue weighted by Crippen LogP contribution is 2.28. The van der Waals surface area contributed by atoms with Gasteiger partial charge in [-0.15, -0.1) is 0 Å². The minimum Gasteiger partial charge on any atom is -0.299 e. The number of likely N-dealkylation sites (tertiary alicyclic amines) is 1. The molecule has 0 aromatic heterocycles. The molecule has 1 heterocycles. The van der Waals surface area contributed by atoms with Crippen LogP contribution in [0, 0.1) is 11.3 Å². The molecule has 0 N–H and O–H groups in total. The Morgan fingerprint density at radius 2 is 2.19 bits per heavy atom. The van der Waals surface area contributed by atoms with Gasteiger partial charge in [-0.1, -0.05) is 30.3 Å². The van der Waals surface area contributed by atoms with Crippen molar-refractivity contribution in [1.82, 2.24) is 4.90 Å². The first-order valence-electron chi connectivity index (χ1n) is 5.97. The predicted molar refractivity (Wildman–Crippen MR) is 65.1 cm³/mol. The zero-order chi connectivity index (χ0) is 11.4. The molecule has 0 saturated carbocycles. The van der Waals surface area contributed by atoms with Crippen molar-refractivity contribution in [3.05, 3.63) is 35.9 Å². The number of nitrogens with zero attached hydrogens (tertiary/aromatic N) is 2. The third-order valence-electron chi connectivity index (χ3n) is 3.50. The number of nitriles is 1. The van der Waals surface area contributed by atoms with E-state index < -0.39 is 0 Å². The van der Waals surface area contributed by atoms with Gasteiger partial charge in [0.25, 0.3) is 0 Å². The molecule has 1 aromatic carbocycles. The predicted octanol–water partition coefficient (Wildman–Crippen LogP) is 2.78. The normalized spacial score (nSPS) is 22.9. The van der Waals surface area contributed by atoms with Gasteiger partial charge in [-0.2, -0.15) is 5.26 Å². The van der Waals surface area contributed by atoms with Crippen LogP contribution in [0.25, 0.3) is 0 Å². The highest BCUT2D eigenvalue weighted by atomic mass is 15.2. The number of rotatable bonds is 3. The lowest BCUT2D eigenvalue weighted by atomic mass is 9.99. The molecule has 1 aliphatic rings. The smallest absolute Gasteiger partial charge is 0.0638 e. The summed E-state index contributed by atoms with van der Waals surface area (Å²) in [5.41, 5.74) is 1.44. The molecule has 1 saturated heterocycles. The van der Waals surface area contributed by atoms with E-state index in [1.165, 1.54) is 12.0 Å². The van der Waals surface area contributed by atoms with Crippen LogP contribution in [0.2, 0.25) is 0 Å². The maximum absolute atomic E-state index is 8.70. The Kier molecular flexibility index (Phi) is 3.58. The van der Waals surface area contributed by atoms with Gasteiger partial charge in [0.2, 0.25) is 0 Å². The summed E-state index contributed by atoms with van der Waals surface area (Å²) >= 11 is 0. The van der Waals surface area contributed by atoms with E-state index in [1.807, 2.05) is 0 Å². The third-order valence-corrected chi connectivity index (χ3v) is 3.50. The Morgan fingerprint density at radius 3 is 2.88 bits per heavy atom. The molecule has 84 valence electrons. The van der Waals surface area contributed by atoms with Crippen molar-refractivity contribution >= 4 is 0 Å². The van der Waals surface area contributed by atoms with E-state index in [0.717, 1.165) is 13.1 Å². The summed E-state index contributed by atoms with van der Waals surface area (Å²) in [6, 6.07) is 13.4. The van der Waals surface area contributed by atoms with Gasteiger partial charge in [0.1, 0.15) is 0 Å². The van der Waals surface area contributed by atoms with Crippen molar-refractivity contribution in [1.29, 1.82) is 5.26 Å². The molecule has 2 unspecified atom stereocenters. The van der Waals surface area contributed by atoms with E-state index in [0.29, 0.717) is 18.4 Å². The van der Waals surface area contributed by atoms with Gasteiger partial charge in [-0.05, 0) is 31.4 Å². The minimum absolute atomic E-state index is 0.402. The van der Waals surface area contributed by atoms with Gasteiger partial charge in [-0.25, -0.2) is 0 Å². The number of hydrogen-bond donors (Lipinski definition) is 0. The molecule has 0 amide bonds. The van der Waals surface area contributed by atoms with Gasteiger partial charge in [0.05, 0.1) is 12.5 Å². The molecule has 2 nitrogen and oxygen atoms in total. The van der Waals surface area contributed by atoms with Gasteiger partial charge in [0.15, 0.2) is 0 Å². The largest absolute Gasteiger partial charge is 0.299 e. The first-order valence-corrected chi connectivity index (χ1v) is 5.97. The Hall–Kier alpha value is -1.33. The van der Waals surface area contributed by atoms with E-state index >= 15 is 0 Å². The fourth-order valence-corrected chi connectivity index (χ4v) is 2.45. The second-order valence-electron chi connectivity index (χ2n) is 4.60. The maximum Gasteiger partial charge on any atom is 0.0638 e. The highest BCUT2D eigenvalue weighted by molar-refractivity contribution is 5.21. The van der Waals surface area contributed by atoms with Crippen LogP contribution < -0.4 is 0 Å². The molecule has 16 heavy (non-hydrogen) atoms. The lowest BCUT2D eigenvalue weighted by molar-refractivity contribution is 0.259. The first-order chi connectivity index (χ1) is 7.81. The van der Waals surface area contributed by atoms with Crippen LogP contribution in [0.4, 0.5) is 0 Å². The molecule has 0 bridgehead atoms. The summed E-state index contributed by atoms with van der Waals surface area (Å²) in [7, 11) is 0. The molecule has 0 radical (unpaired) electrons. The molecule has 2 heteroatoms. The molecule has 2 atom stereocenters. The molecule has 1 fully saturated rings. The van der Waals surface area contributed by atoms with E-state index in [4.69, 9.17) is 5.26 Å². The standard InChI is InChI=1S/C14H18N2/c1-12(7-9-15)16-10-8-14(11-16)13-5-3-2-4-6-13/h2-6,12,14H,7-8,10-11H2,1H3. The molecule has 0 aliphatic carbocycles. The Morgan fingerprint density at radius 1 is 1.44 bits per heavy atom. The second kappa shape index (κ2) is 5.14. The fourth-order valence-electron chi connectivity index (χ4n) is 2.45. The average molecular weight is 214 g/mol. The van der Waals surface area contributed by atoms with Crippen molar-refractivity contribution in [3.63, 3.8) is 0 Å². The fraction of sp³-hybridized carbons (Fsp3) is 0.500. The van der Waals surface area contributed by atoms with Crippen LogP contribution in [0.5, 0.6) is 0 Å². The van der Waals surface area contributed by atoms with Crippen molar-refractivity contribution in [2.75, 3.05) is 13.1 Å². The third kappa shape index (κ3) is 2.43. The SMILES string of the molecule is CC(CC#N)N1CCC(c2ccccc2)C1. The van der Waals surface area contributed by atoms with E-state index in [1.54, 1.807) is 0 Å². The summed E-state index contributed by atoms with van der Waals surface area (Å²) in [4.78, 5) is 2.43. The second-order valence-corrected chi connectivity index (χ2v) is 4.60. The zero-order valence-electron chi connectivity index (χ0n) is 9.76. The van der Waals surface area contributed by atoms with Crippen LogP contribution in [0.15, 0.2) is 30.3 Å². The summed E-state index contributed by atoms with van der Waals surface area (Å²) in [6.45, 7) is 4.38. The van der Waals surface area contributed by atoms with Crippen LogP contribution in [-0.2, 0) is 0 Å². The topological polar surface area (TPSA) is 27.0 Å². The maximum atomic E-state index is 8.70. The lowest BCUT2D eigenvalue weighted by Gasteiger charge is -2.21. The lowest BCUT2D eigenvalue weighted by Crippen LogP contribution is -2.30. The van der Waals surface area contributed by atoms with Crippen molar-refractivity contribution in [3.8, 4) is 6.07 Å². The van der Waals surface area contributed by atoms with Crippen LogP contribution >= 0.6 is 0 Å². The molecule has 2 rings (SSSR count). The van der Waals surface area contributed by atoms with Crippen LogP contribution in [-0.4, -0.2) is 24.0 Å². The summed E-state index contributed by atoms with van der Waals surface area (Å²) in [6.07, 6.45) is 1.86. The van der Waals surface area contributed by atoms with Gasteiger partial charge in [0, 0.05) is 12.6 Å². The van der Waals surface area contributed by atoms with Crippen molar-refractivity contribution in [2.24, 2.45) is 0 Å². The Balaban J connectivity index is 1.96.